The van der Waals surface area contributed by atoms with E-state index in [9.17, 15) is 0 Å². The van der Waals surface area contributed by atoms with Gasteiger partial charge >= 0.3 is 0 Å². The van der Waals surface area contributed by atoms with E-state index in [4.69, 9.17) is 10.5 Å². The van der Waals surface area contributed by atoms with Crippen molar-refractivity contribution in [1.82, 2.24) is 9.97 Å². The average Bonchev–Trinajstić information content (AvgIpc) is 2.82. The third-order valence-electron chi connectivity index (χ3n) is 2.14. The maximum Gasteiger partial charge on any atom is 0.239 e. The van der Waals surface area contributed by atoms with E-state index in [1.54, 1.807) is 23.6 Å². The lowest BCUT2D eigenvalue weighted by molar-refractivity contribution is 0.234. The number of aromatic nitrogens is 2. The number of thiazole rings is 1. The number of nitrogens with zero attached hydrogens (tertiary/aromatic N) is 2. The summed E-state index contributed by atoms with van der Waals surface area (Å²) in [5.41, 5.74) is 6.35. The second kappa shape index (κ2) is 5.68. The standard InChI is InChI=1S/C12H16N4OS/c1-8(2)17-12-9(13)3-4-10(16-12)15-7-11-14-5-6-18-11/h3-6,8H,7,13H2,1-2H3,(H,15,16). The predicted molar refractivity (Wildman–Crippen MR) is 73.9 cm³/mol. The topological polar surface area (TPSA) is 73.1 Å². The molecule has 0 aromatic carbocycles. The normalized spacial score (nSPS) is 10.6. The van der Waals surface area contributed by atoms with Crippen LogP contribution in [0.1, 0.15) is 18.9 Å². The molecule has 5 nitrogen and oxygen atoms in total. The minimum atomic E-state index is 0.0500. The lowest BCUT2D eigenvalue weighted by Gasteiger charge is -2.12. The monoisotopic (exact) mass is 264 g/mol. The molecule has 0 fully saturated rings. The van der Waals surface area contributed by atoms with E-state index in [0.717, 1.165) is 10.8 Å². The quantitative estimate of drug-likeness (QED) is 0.868. The van der Waals surface area contributed by atoms with Crippen LogP contribution < -0.4 is 15.8 Å². The van der Waals surface area contributed by atoms with Crippen LogP contribution >= 0.6 is 11.3 Å². The van der Waals surface area contributed by atoms with Gasteiger partial charge in [-0.25, -0.2) is 4.98 Å². The van der Waals surface area contributed by atoms with E-state index in [1.807, 2.05) is 25.3 Å². The van der Waals surface area contributed by atoms with Crippen LogP contribution in [0, 0.1) is 0 Å². The molecule has 0 aliphatic heterocycles. The average molecular weight is 264 g/mol. The van der Waals surface area contributed by atoms with Gasteiger partial charge in [-0.1, -0.05) is 0 Å². The number of hydrogen-bond acceptors (Lipinski definition) is 6. The molecule has 6 heteroatoms. The summed E-state index contributed by atoms with van der Waals surface area (Å²) >= 11 is 1.60. The van der Waals surface area contributed by atoms with Crippen molar-refractivity contribution in [3.63, 3.8) is 0 Å². The molecular weight excluding hydrogens is 248 g/mol. The Hall–Kier alpha value is -1.82. The molecule has 0 unspecified atom stereocenters. The van der Waals surface area contributed by atoms with E-state index < -0.39 is 0 Å². The summed E-state index contributed by atoms with van der Waals surface area (Å²) in [6.07, 6.45) is 1.83. The Balaban J connectivity index is 2.04. The van der Waals surface area contributed by atoms with Crippen molar-refractivity contribution in [3.8, 4) is 5.88 Å². The van der Waals surface area contributed by atoms with E-state index in [2.05, 4.69) is 15.3 Å². The van der Waals surface area contributed by atoms with Gasteiger partial charge in [-0.15, -0.1) is 11.3 Å². The maximum atomic E-state index is 5.80. The van der Waals surface area contributed by atoms with Crippen molar-refractivity contribution in [2.24, 2.45) is 0 Å². The summed E-state index contributed by atoms with van der Waals surface area (Å²) in [5, 5.41) is 6.15. The number of nitrogens with one attached hydrogen (secondary N) is 1. The largest absolute Gasteiger partial charge is 0.473 e. The van der Waals surface area contributed by atoms with E-state index in [-0.39, 0.29) is 6.10 Å². The van der Waals surface area contributed by atoms with Crippen molar-refractivity contribution in [2.75, 3.05) is 11.1 Å². The summed E-state index contributed by atoms with van der Waals surface area (Å²) in [6, 6.07) is 3.62. The molecule has 2 rings (SSSR count). The molecule has 0 atom stereocenters. The fourth-order valence-corrected chi connectivity index (χ4v) is 1.93. The van der Waals surface area contributed by atoms with Gasteiger partial charge < -0.3 is 15.8 Å². The first-order chi connectivity index (χ1) is 8.65. The van der Waals surface area contributed by atoms with Crippen LogP contribution in [0.2, 0.25) is 0 Å². The maximum absolute atomic E-state index is 5.80. The number of hydrogen-bond donors (Lipinski definition) is 2. The second-order valence-corrected chi connectivity index (χ2v) is 5.02. The Morgan fingerprint density at radius 1 is 1.44 bits per heavy atom. The van der Waals surface area contributed by atoms with Crippen LogP contribution in [0.25, 0.3) is 0 Å². The number of nitrogen functional groups attached to an aromatic ring is 1. The molecule has 0 spiro atoms. The Kier molecular flexibility index (Phi) is 3.99. The third-order valence-corrected chi connectivity index (χ3v) is 2.92. The van der Waals surface area contributed by atoms with Crippen LogP contribution in [-0.4, -0.2) is 16.1 Å². The third kappa shape index (κ3) is 3.33. The van der Waals surface area contributed by atoms with Crippen molar-refractivity contribution in [3.05, 3.63) is 28.7 Å². The van der Waals surface area contributed by atoms with Gasteiger partial charge in [0.15, 0.2) is 0 Å². The minimum absolute atomic E-state index is 0.0500. The number of rotatable bonds is 5. The van der Waals surface area contributed by atoms with Crippen LogP contribution in [0.15, 0.2) is 23.7 Å². The number of ether oxygens (including phenoxy) is 1. The summed E-state index contributed by atoms with van der Waals surface area (Å²) < 4.78 is 5.53. The van der Waals surface area contributed by atoms with E-state index in [0.29, 0.717) is 18.1 Å². The highest BCUT2D eigenvalue weighted by Crippen LogP contribution is 2.22. The van der Waals surface area contributed by atoms with Crippen LogP contribution in [0.3, 0.4) is 0 Å². The lowest BCUT2D eigenvalue weighted by atomic mass is 10.4. The van der Waals surface area contributed by atoms with Crippen LogP contribution in [0.4, 0.5) is 11.5 Å². The summed E-state index contributed by atoms with van der Waals surface area (Å²) in [5.74, 6) is 1.20. The molecule has 0 radical (unpaired) electrons. The van der Waals surface area contributed by atoms with Crippen molar-refractivity contribution < 1.29 is 4.74 Å². The molecule has 0 bridgehead atoms. The summed E-state index contributed by atoms with van der Waals surface area (Å²) in [4.78, 5) is 8.52. The molecule has 2 heterocycles. The number of pyridine rings is 1. The first-order valence-corrected chi connectivity index (χ1v) is 6.58. The Morgan fingerprint density at radius 2 is 2.28 bits per heavy atom. The summed E-state index contributed by atoms with van der Waals surface area (Å²) in [7, 11) is 0. The molecule has 0 aliphatic carbocycles. The molecule has 18 heavy (non-hydrogen) atoms. The number of anilines is 2. The zero-order valence-corrected chi connectivity index (χ0v) is 11.2. The van der Waals surface area contributed by atoms with Gasteiger partial charge in [0.2, 0.25) is 5.88 Å². The van der Waals surface area contributed by atoms with E-state index >= 15 is 0 Å². The molecule has 0 aliphatic rings. The predicted octanol–water partition coefficient (Wildman–Crippen LogP) is 2.52. The first kappa shape index (κ1) is 12.6. The smallest absolute Gasteiger partial charge is 0.239 e. The summed E-state index contributed by atoms with van der Waals surface area (Å²) in [6.45, 7) is 4.53. The Morgan fingerprint density at radius 3 is 2.94 bits per heavy atom. The first-order valence-electron chi connectivity index (χ1n) is 5.70. The molecule has 2 aromatic rings. The van der Waals surface area contributed by atoms with Gasteiger partial charge in [-0.3, -0.25) is 0 Å². The SMILES string of the molecule is CC(C)Oc1nc(NCc2nccs2)ccc1N. The molecule has 2 aromatic heterocycles. The molecule has 0 amide bonds. The van der Waals surface area contributed by atoms with Gasteiger partial charge in [-0.05, 0) is 26.0 Å². The van der Waals surface area contributed by atoms with Gasteiger partial charge in [0.25, 0.3) is 0 Å². The van der Waals surface area contributed by atoms with E-state index in [1.165, 1.54) is 0 Å². The zero-order chi connectivity index (χ0) is 13.0. The van der Waals surface area contributed by atoms with Crippen molar-refractivity contribution in [1.29, 1.82) is 0 Å². The van der Waals surface area contributed by atoms with Crippen molar-refractivity contribution in [2.45, 2.75) is 26.5 Å². The fraction of sp³-hybridized carbons (Fsp3) is 0.333. The Bertz CT molecular complexity index is 499. The van der Waals surface area contributed by atoms with Crippen LogP contribution in [0.5, 0.6) is 5.88 Å². The number of nitrogens with two attached hydrogens (primary N) is 1. The van der Waals surface area contributed by atoms with Gasteiger partial charge in [-0.2, -0.15) is 4.98 Å². The Labute approximate surface area is 110 Å². The highest BCUT2D eigenvalue weighted by atomic mass is 32.1. The molecule has 0 saturated heterocycles. The highest BCUT2D eigenvalue weighted by molar-refractivity contribution is 7.09. The lowest BCUT2D eigenvalue weighted by Crippen LogP contribution is -2.10. The van der Waals surface area contributed by atoms with Gasteiger partial charge in [0.1, 0.15) is 10.8 Å². The minimum Gasteiger partial charge on any atom is -0.473 e. The molecule has 0 saturated carbocycles. The van der Waals surface area contributed by atoms with Crippen LogP contribution in [-0.2, 0) is 6.54 Å². The second-order valence-electron chi connectivity index (χ2n) is 4.04. The molecule has 3 N–H and O–H groups in total. The highest BCUT2D eigenvalue weighted by Gasteiger charge is 2.06. The zero-order valence-electron chi connectivity index (χ0n) is 10.4. The fourth-order valence-electron chi connectivity index (χ4n) is 1.37. The molecular formula is C12H16N4OS. The van der Waals surface area contributed by atoms with Gasteiger partial charge in [0, 0.05) is 11.6 Å². The van der Waals surface area contributed by atoms with Gasteiger partial charge in [0.05, 0.1) is 18.3 Å². The van der Waals surface area contributed by atoms with Crippen molar-refractivity contribution >= 4 is 22.8 Å². The molecule has 96 valence electrons.